The van der Waals surface area contributed by atoms with E-state index < -0.39 is 16.9 Å². The fourth-order valence-corrected chi connectivity index (χ4v) is 1.53. The second kappa shape index (κ2) is 4.52. The Morgan fingerprint density at radius 2 is 2.26 bits per heavy atom. The predicted molar refractivity (Wildman–Crippen MR) is 65.1 cm³/mol. The molecule has 2 heterocycles. The van der Waals surface area contributed by atoms with E-state index >= 15 is 0 Å². The minimum atomic E-state index is -1.01. The highest BCUT2D eigenvalue weighted by Gasteiger charge is 2.22. The smallest absolute Gasteiger partial charge is 0.368 e. The molecule has 0 aliphatic heterocycles. The second-order valence-corrected chi connectivity index (χ2v) is 3.96. The van der Waals surface area contributed by atoms with Crippen LogP contribution in [-0.2, 0) is 4.79 Å². The molecule has 0 aliphatic carbocycles. The minimum Gasteiger partial charge on any atom is -0.480 e. The van der Waals surface area contributed by atoms with Crippen molar-refractivity contribution >= 4 is 23.3 Å². The summed E-state index contributed by atoms with van der Waals surface area (Å²) in [5.74, 6) is -0.971. The average Bonchev–Trinajstić information content (AvgIpc) is 2.79. The molecule has 2 rings (SSSR count). The Kier molecular flexibility index (Phi) is 3.03. The number of rotatable bonds is 4. The van der Waals surface area contributed by atoms with Gasteiger partial charge in [-0.15, -0.1) is 0 Å². The van der Waals surface area contributed by atoms with Gasteiger partial charge in [-0.2, -0.15) is 0 Å². The van der Waals surface area contributed by atoms with Gasteiger partial charge in [-0.3, -0.25) is 0 Å². The van der Waals surface area contributed by atoms with Crippen molar-refractivity contribution in [3.05, 3.63) is 28.4 Å². The molecule has 9 heteroatoms. The molecular formula is C10H11N5O4. The average molecular weight is 265 g/mol. The van der Waals surface area contributed by atoms with Crippen molar-refractivity contribution in [1.82, 2.24) is 14.6 Å². The van der Waals surface area contributed by atoms with Gasteiger partial charge in [0.05, 0.1) is 0 Å². The monoisotopic (exact) mass is 265 g/mol. The highest BCUT2D eigenvalue weighted by Crippen LogP contribution is 2.17. The standard InChI is InChI=1S/C10H11N5O4/c1-6(10(16)17)13(2)8-4-3-7-11-5-9(15(18)19)14(7)12-8/h3-6H,1-2H3,(H,16,17). The lowest BCUT2D eigenvalue weighted by Gasteiger charge is -2.21. The molecule has 0 aliphatic rings. The molecule has 0 radical (unpaired) electrons. The van der Waals surface area contributed by atoms with E-state index in [0.29, 0.717) is 11.5 Å². The number of imidazole rings is 1. The Hall–Kier alpha value is -2.71. The van der Waals surface area contributed by atoms with Crippen LogP contribution in [0.1, 0.15) is 6.92 Å². The lowest BCUT2D eigenvalue weighted by atomic mass is 10.3. The quantitative estimate of drug-likeness (QED) is 0.634. The van der Waals surface area contributed by atoms with Crippen LogP contribution < -0.4 is 4.90 Å². The van der Waals surface area contributed by atoms with Crippen molar-refractivity contribution in [2.45, 2.75) is 13.0 Å². The van der Waals surface area contributed by atoms with E-state index in [0.717, 1.165) is 10.7 Å². The number of nitro groups is 1. The van der Waals surface area contributed by atoms with E-state index in [-0.39, 0.29) is 5.82 Å². The summed E-state index contributed by atoms with van der Waals surface area (Å²) in [6.07, 6.45) is 1.10. The molecule has 0 aromatic carbocycles. The van der Waals surface area contributed by atoms with Crippen LogP contribution >= 0.6 is 0 Å². The van der Waals surface area contributed by atoms with Gasteiger partial charge in [-0.25, -0.2) is 9.78 Å². The summed E-state index contributed by atoms with van der Waals surface area (Å²) in [5.41, 5.74) is 0.326. The third-order valence-corrected chi connectivity index (χ3v) is 2.82. The molecule has 0 amide bonds. The molecule has 0 saturated carbocycles. The molecule has 0 saturated heterocycles. The van der Waals surface area contributed by atoms with Crippen LogP contribution in [0.2, 0.25) is 0 Å². The Labute approximate surface area is 107 Å². The van der Waals surface area contributed by atoms with Crippen LogP contribution in [0.25, 0.3) is 5.65 Å². The van der Waals surface area contributed by atoms with Crippen molar-refractivity contribution in [3.8, 4) is 0 Å². The summed E-state index contributed by atoms with van der Waals surface area (Å²) in [7, 11) is 1.55. The summed E-state index contributed by atoms with van der Waals surface area (Å²) >= 11 is 0. The van der Waals surface area contributed by atoms with Gasteiger partial charge < -0.3 is 20.1 Å². The fraction of sp³-hybridized carbons (Fsp3) is 0.300. The van der Waals surface area contributed by atoms with Gasteiger partial charge in [0.2, 0.25) is 5.65 Å². The number of aliphatic carboxylic acids is 1. The largest absolute Gasteiger partial charge is 0.480 e. The first-order valence-electron chi connectivity index (χ1n) is 5.36. The van der Waals surface area contributed by atoms with Gasteiger partial charge >= 0.3 is 11.8 Å². The lowest BCUT2D eigenvalue weighted by Crippen LogP contribution is -2.36. The zero-order valence-electron chi connectivity index (χ0n) is 10.2. The number of carboxylic acids is 1. The number of fused-ring (bicyclic) bond motifs is 1. The maximum Gasteiger partial charge on any atom is 0.368 e. The van der Waals surface area contributed by atoms with Crippen LogP contribution in [0, 0.1) is 10.1 Å². The maximum atomic E-state index is 10.9. The van der Waals surface area contributed by atoms with E-state index in [4.69, 9.17) is 5.11 Å². The van der Waals surface area contributed by atoms with E-state index in [1.54, 1.807) is 19.2 Å². The first kappa shape index (κ1) is 12.7. The molecule has 1 unspecified atom stereocenters. The van der Waals surface area contributed by atoms with Gasteiger partial charge in [0.1, 0.15) is 12.2 Å². The van der Waals surface area contributed by atoms with Crippen molar-refractivity contribution < 1.29 is 14.8 Å². The highest BCUT2D eigenvalue weighted by atomic mass is 16.6. The Balaban J connectivity index is 2.48. The predicted octanol–water partition coefficient (Wildman–Crippen LogP) is 0.547. The topological polar surface area (TPSA) is 114 Å². The molecule has 19 heavy (non-hydrogen) atoms. The third-order valence-electron chi connectivity index (χ3n) is 2.82. The van der Waals surface area contributed by atoms with Crippen molar-refractivity contribution in [1.29, 1.82) is 0 Å². The maximum absolute atomic E-state index is 10.9. The summed E-state index contributed by atoms with van der Waals surface area (Å²) in [4.78, 5) is 26.4. The molecule has 1 N–H and O–H groups in total. The van der Waals surface area contributed by atoms with Crippen LogP contribution in [-0.4, -0.2) is 43.7 Å². The van der Waals surface area contributed by atoms with Crippen molar-refractivity contribution in [2.24, 2.45) is 0 Å². The van der Waals surface area contributed by atoms with Crippen LogP contribution in [0.5, 0.6) is 0 Å². The number of nitrogens with zero attached hydrogens (tertiary/aromatic N) is 5. The molecule has 2 aromatic heterocycles. The van der Waals surface area contributed by atoms with Gasteiger partial charge in [0.25, 0.3) is 0 Å². The number of likely N-dealkylation sites (N-methyl/N-ethyl adjacent to an activating group) is 1. The molecule has 2 aromatic rings. The zero-order valence-corrected chi connectivity index (χ0v) is 10.2. The molecule has 9 nitrogen and oxygen atoms in total. The molecule has 1 atom stereocenters. The van der Waals surface area contributed by atoms with Gasteiger partial charge in [-0.05, 0) is 17.9 Å². The number of carbonyl (C=O) groups is 1. The Morgan fingerprint density at radius 1 is 1.58 bits per heavy atom. The number of carboxylic acid groups (broad SMARTS) is 1. The van der Waals surface area contributed by atoms with E-state index in [1.165, 1.54) is 11.8 Å². The van der Waals surface area contributed by atoms with Crippen LogP contribution in [0.3, 0.4) is 0 Å². The lowest BCUT2D eigenvalue weighted by molar-refractivity contribution is -0.391. The molecule has 0 fully saturated rings. The SMILES string of the molecule is CC(C(=O)O)N(C)c1ccc2ncc([N+](=O)[O-])n2n1. The van der Waals surface area contributed by atoms with Crippen LogP contribution in [0.15, 0.2) is 18.3 Å². The molecule has 0 spiro atoms. The summed E-state index contributed by atoms with van der Waals surface area (Å²) in [6.45, 7) is 1.50. The molecular weight excluding hydrogens is 254 g/mol. The molecule has 100 valence electrons. The normalized spacial score (nSPS) is 12.3. The minimum absolute atomic E-state index is 0.270. The van der Waals surface area contributed by atoms with Crippen LogP contribution in [0.4, 0.5) is 11.6 Å². The number of aromatic nitrogens is 3. The number of hydrogen-bond acceptors (Lipinski definition) is 6. The number of anilines is 1. The third kappa shape index (κ3) is 2.17. The zero-order chi connectivity index (χ0) is 14.2. The first-order chi connectivity index (χ1) is 8.91. The second-order valence-electron chi connectivity index (χ2n) is 3.96. The summed E-state index contributed by atoms with van der Waals surface area (Å²) < 4.78 is 1.07. The van der Waals surface area contributed by atoms with Gasteiger partial charge in [-0.1, -0.05) is 9.61 Å². The van der Waals surface area contributed by atoms with Gasteiger partial charge in [0, 0.05) is 13.1 Å². The van der Waals surface area contributed by atoms with Gasteiger partial charge in [0.15, 0.2) is 5.82 Å². The fourth-order valence-electron chi connectivity index (χ4n) is 1.53. The molecule has 0 bridgehead atoms. The Morgan fingerprint density at radius 3 is 2.84 bits per heavy atom. The highest BCUT2D eigenvalue weighted by molar-refractivity contribution is 5.77. The first-order valence-corrected chi connectivity index (χ1v) is 5.36. The summed E-state index contributed by atoms with van der Waals surface area (Å²) in [5, 5.41) is 23.8. The van der Waals surface area contributed by atoms with Crippen molar-refractivity contribution in [2.75, 3.05) is 11.9 Å². The van der Waals surface area contributed by atoms with E-state index in [2.05, 4.69) is 10.1 Å². The van der Waals surface area contributed by atoms with Crippen molar-refractivity contribution in [3.63, 3.8) is 0 Å². The number of hydrogen-bond donors (Lipinski definition) is 1. The van der Waals surface area contributed by atoms with E-state index in [1.807, 2.05) is 0 Å². The summed E-state index contributed by atoms with van der Waals surface area (Å²) in [6, 6.07) is 2.30. The Bertz CT molecular complexity index is 652. The van der Waals surface area contributed by atoms with E-state index in [9.17, 15) is 14.9 Å².